The van der Waals surface area contributed by atoms with Crippen molar-refractivity contribution in [2.75, 3.05) is 31.6 Å². The van der Waals surface area contributed by atoms with Gasteiger partial charge in [0.2, 0.25) is 0 Å². The van der Waals surface area contributed by atoms with Crippen LogP contribution in [0.2, 0.25) is 0 Å². The maximum absolute atomic E-state index is 13.7. The number of oxazole rings is 1. The number of hydrogen-bond donors (Lipinski definition) is 2. The first-order chi connectivity index (χ1) is 19.7. The first-order valence-corrected chi connectivity index (χ1v) is 14.4. The zero-order valence-electron chi connectivity index (χ0n) is 23.7. The summed E-state index contributed by atoms with van der Waals surface area (Å²) in [5, 5.41) is 14.2. The lowest BCUT2D eigenvalue weighted by atomic mass is 10.0. The van der Waals surface area contributed by atoms with E-state index in [2.05, 4.69) is 20.3 Å². The van der Waals surface area contributed by atoms with Crippen molar-refractivity contribution in [2.45, 2.75) is 45.9 Å². The van der Waals surface area contributed by atoms with Crippen LogP contribution in [0.1, 0.15) is 41.6 Å². The molecule has 2 amide bonds. The highest BCUT2D eigenvalue weighted by Gasteiger charge is 2.28. The number of carbonyl (C=O) groups is 2. The number of ether oxygens (including phenoxy) is 1. The van der Waals surface area contributed by atoms with Gasteiger partial charge in [-0.1, -0.05) is 19.9 Å². The van der Waals surface area contributed by atoms with E-state index in [4.69, 9.17) is 9.15 Å². The van der Waals surface area contributed by atoms with Gasteiger partial charge < -0.3 is 29.4 Å². The Morgan fingerprint density at radius 3 is 2.68 bits per heavy atom. The quantitative estimate of drug-likeness (QED) is 0.239. The van der Waals surface area contributed by atoms with Crippen LogP contribution in [0.5, 0.6) is 0 Å². The number of aliphatic hydroxyl groups is 1. The Bertz CT molecular complexity index is 1410. The molecule has 11 nitrogen and oxygen atoms in total. The largest absolute Gasteiger partial charge is 0.444 e. The van der Waals surface area contributed by atoms with E-state index in [-0.39, 0.29) is 25.0 Å². The molecule has 4 rings (SSSR count). The fourth-order valence-electron chi connectivity index (χ4n) is 4.26. The topological polar surface area (TPSA) is 134 Å². The molecular weight excluding hydrogens is 544 g/mol. The number of pyridine rings is 1. The minimum Gasteiger partial charge on any atom is -0.444 e. The number of anilines is 1. The summed E-state index contributed by atoms with van der Waals surface area (Å²) in [5.74, 6) is -0.117. The van der Waals surface area contributed by atoms with Gasteiger partial charge in [0.05, 0.1) is 22.5 Å². The number of aliphatic hydroxyl groups excluding tert-OH is 1. The molecule has 0 aliphatic rings. The predicted molar refractivity (Wildman–Crippen MR) is 157 cm³/mol. The predicted octanol–water partition coefficient (Wildman–Crippen LogP) is 4.13. The van der Waals surface area contributed by atoms with Crippen LogP contribution in [0.3, 0.4) is 0 Å². The Balaban J connectivity index is 1.51. The van der Waals surface area contributed by atoms with Gasteiger partial charge in [0.15, 0.2) is 5.58 Å². The zero-order valence-corrected chi connectivity index (χ0v) is 24.5. The molecule has 0 saturated carbocycles. The van der Waals surface area contributed by atoms with Gasteiger partial charge in [-0.3, -0.25) is 14.8 Å². The third-order valence-corrected chi connectivity index (χ3v) is 7.23. The lowest BCUT2D eigenvalue weighted by Crippen LogP contribution is -2.51. The average Bonchev–Trinajstić information content (AvgIpc) is 3.64. The molecule has 0 aliphatic heterocycles. The summed E-state index contributed by atoms with van der Waals surface area (Å²) in [7, 11) is 1.88. The number of thiazole rings is 1. The Kier molecular flexibility index (Phi) is 10.3. The molecule has 0 bridgehead atoms. The Morgan fingerprint density at radius 1 is 1.17 bits per heavy atom. The van der Waals surface area contributed by atoms with Crippen molar-refractivity contribution in [3.05, 3.63) is 70.4 Å². The van der Waals surface area contributed by atoms with Gasteiger partial charge in [0, 0.05) is 50.8 Å². The zero-order chi connectivity index (χ0) is 29.4. The van der Waals surface area contributed by atoms with E-state index in [0.717, 1.165) is 17.0 Å². The standard InChI is InChI=1S/C29H36N6O5S/c1-5-34(4)28-32-23-9-8-21(12-26(23)40-28)27(37)35(15-19(2)3)16-25(36)24(11-20-7-6-10-30-13-20)33-29(38)39-17-22-14-31-18-41-22/h6-10,12-14,18-19,24-25,36H,5,11,15-17H2,1-4H3,(H,33,38)/t24-,25+/m0/s1. The summed E-state index contributed by atoms with van der Waals surface area (Å²) >= 11 is 1.38. The maximum atomic E-state index is 13.7. The first-order valence-electron chi connectivity index (χ1n) is 13.5. The minimum atomic E-state index is -1.09. The van der Waals surface area contributed by atoms with Crippen LogP contribution in [0.15, 0.2) is 58.9 Å². The van der Waals surface area contributed by atoms with Crippen molar-refractivity contribution >= 4 is 40.5 Å². The van der Waals surface area contributed by atoms with E-state index in [1.165, 1.54) is 11.3 Å². The molecule has 2 atom stereocenters. The molecule has 0 spiro atoms. The van der Waals surface area contributed by atoms with Crippen LogP contribution >= 0.6 is 11.3 Å². The van der Waals surface area contributed by atoms with E-state index >= 15 is 0 Å². The van der Waals surface area contributed by atoms with E-state index in [9.17, 15) is 14.7 Å². The molecule has 0 saturated heterocycles. The van der Waals surface area contributed by atoms with Crippen molar-refractivity contribution in [3.8, 4) is 0 Å². The summed E-state index contributed by atoms with van der Waals surface area (Å²) < 4.78 is 11.2. The first kappa shape index (κ1) is 29.9. The molecule has 1 aromatic carbocycles. The van der Waals surface area contributed by atoms with Crippen LogP contribution in [0.4, 0.5) is 10.8 Å². The van der Waals surface area contributed by atoms with Crippen LogP contribution < -0.4 is 10.2 Å². The summed E-state index contributed by atoms with van der Waals surface area (Å²) in [6.45, 7) is 7.20. The number of rotatable bonds is 13. The third kappa shape index (κ3) is 8.24. The number of fused-ring (bicyclic) bond motifs is 1. The van der Waals surface area contributed by atoms with Gasteiger partial charge in [-0.25, -0.2) is 4.79 Å². The highest BCUT2D eigenvalue weighted by atomic mass is 32.1. The summed E-state index contributed by atoms with van der Waals surface area (Å²) in [6.07, 6.45) is 3.51. The van der Waals surface area contributed by atoms with Gasteiger partial charge in [-0.05, 0) is 49.1 Å². The molecule has 12 heteroatoms. The second-order valence-corrected chi connectivity index (χ2v) is 11.2. The monoisotopic (exact) mass is 580 g/mol. The number of aromatic nitrogens is 3. The molecule has 3 heterocycles. The molecule has 41 heavy (non-hydrogen) atoms. The van der Waals surface area contributed by atoms with E-state index in [1.807, 2.05) is 38.8 Å². The van der Waals surface area contributed by atoms with E-state index in [1.54, 1.807) is 53.3 Å². The fourth-order valence-corrected chi connectivity index (χ4v) is 4.77. The molecule has 3 aromatic heterocycles. The van der Waals surface area contributed by atoms with Crippen molar-refractivity contribution in [2.24, 2.45) is 5.92 Å². The number of hydrogen-bond acceptors (Lipinski definition) is 10. The second kappa shape index (κ2) is 14.0. The van der Waals surface area contributed by atoms with Gasteiger partial charge in [0.25, 0.3) is 11.9 Å². The highest BCUT2D eigenvalue weighted by molar-refractivity contribution is 7.09. The lowest BCUT2D eigenvalue weighted by Gasteiger charge is -2.31. The molecule has 0 radical (unpaired) electrons. The molecule has 0 unspecified atom stereocenters. The van der Waals surface area contributed by atoms with E-state index < -0.39 is 18.2 Å². The second-order valence-electron chi connectivity index (χ2n) is 10.2. The molecule has 218 valence electrons. The van der Waals surface area contributed by atoms with Crippen LogP contribution in [0.25, 0.3) is 11.1 Å². The van der Waals surface area contributed by atoms with Crippen LogP contribution in [-0.2, 0) is 17.8 Å². The average molecular weight is 581 g/mol. The molecular formula is C29H36N6O5S. The third-order valence-electron chi connectivity index (χ3n) is 6.48. The van der Waals surface area contributed by atoms with E-state index in [0.29, 0.717) is 35.6 Å². The van der Waals surface area contributed by atoms with Gasteiger partial charge in [0.1, 0.15) is 12.1 Å². The minimum absolute atomic E-state index is 0.00463. The molecule has 2 N–H and O–H groups in total. The van der Waals surface area contributed by atoms with Crippen molar-refractivity contribution < 1.29 is 23.8 Å². The number of benzene rings is 1. The summed E-state index contributed by atoms with van der Waals surface area (Å²) in [5.41, 5.74) is 4.08. The number of nitrogens with zero attached hydrogens (tertiary/aromatic N) is 5. The Labute approximate surface area is 243 Å². The fraction of sp³-hybridized carbons (Fsp3) is 0.414. The van der Waals surface area contributed by atoms with Gasteiger partial charge in [-0.15, -0.1) is 11.3 Å². The van der Waals surface area contributed by atoms with Crippen molar-refractivity contribution in [3.63, 3.8) is 0 Å². The number of alkyl carbamates (subject to hydrolysis) is 1. The van der Waals surface area contributed by atoms with Gasteiger partial charge >= 0.3 is 6.09 Å². The van der Waals surface area contributed by atoms with Crippen molar-refractivity contribution in [1.82, 2.24) is 25.2 Å². The molecule has 0 fully saturated rings. The van der Waals surface area contributed by atoms with Crippen LogP contribution in [0, 0.1) is 5.92 Å². The SMILES string of the molecule is CCN(C)c1nc2ccc(C(=O)N(CC(C)C)C[C@@H](O)[C@H](Cc3cccnc3)NC(=O)OCc3cncs3)cc2o1. The highest BCUT2D eigenvalue weighted by Crippen LogP contribution is 2.23. The Hall–Kier alpha value is -4.03. The maximum Gasteiger partial charge on any atom is 0.407 e. The van der Waals surface area contributed by atoms with Crippen LogP contribution in [-0.4, -0.2) is 75.8 Å². The summed E-state index contributed by atoms with van der Waals surface area (Å²) in [4.78, 5) is 43.3. The smallest absolute Gasteiger partial charge is 0.407 e. The van der Waals surface area contributed by atoms with Gasteiger partial charge in [-0.2, -0.15) is 4.98 Å². The number of amides is 2. The number of nitrogens with one attached hydrogen (secondary N) is 1. The molecule has 0 aliphatic carbocycles. The number of carbonyl (C=O) groups excluding carboxylic acids is 2. The lowest BCUT2D eigenvalue weighted by molar-refractivity contribution is 0.0494. The Morgan fingerprint density at radius 2 is 2.00 bits per heavy atom. The molecule has 4 aromatic rings. The normalized spacial score (nSPS) is 12.7. The van der Waals surface area contributed by atoms with Crippen molar-refractivity contribution in [1.29, 1.82) is 0 Å². The summed E-state index contributed by atoms with van der Waals surface area (Å²) in [6, 6.07) is 8.55.